The van der Waals surface area contributed by atoms with Crippen LogP contribution < -0.4 is 10.1 Å². The first-order valence-electron chi connectivity index (χ1n) is 7.39. The smallest absolute Gasteiger partial charge is 0.224 e. The molecular formula is C16H22N4O2. The number of ether oxygens (including phenoxy) is 1. The first kappa shape index (κ1) is 16.0. The average molecular weight is 302 g/mol. The van der Waals surface area contributed by atoms with Gasteiger partial charge in [0.05, 0.1) is 24.7 Å². The van der Waals surface area contributed by atoms with Crippen LogP contribution in [-0.4, -0.2) is 27.3 Å². The maximum atomic E-state index is 11.9. The third-order valence-electron chi connectivity index (χ3n) is 2.98. The van der Waals surface area contributed by atoms with Gasteiger partial charge in [-0.05, 0) is 24.0 Å². The molecule has 0 unspecified atom stereocenters. The van der Waals surface area contributed by atoms with Gasteiger partial charge in [0.15, 0.2) is 0 Å². The van der Waals surface area contributed by atoms with E-state index in [0.29, 0.717) is 36.9 Å². The molecule has 6 heteroatoms. The SMILES string of the molecule is CC(C)COc1ccc(NC(=O)CCc2cnn(C)c2)cn1. The van der Waals surface area contributed by atoms with E-state index < -0.39 is 0 Å². The lowest BCUT2D eigenvalue weighted by atomic mass is 10.2. The van der Waals surface area contributed by atoms with Gasteiger partial charge in [-0.15, -0.1) is 0 Å². The fourth-order valence-electron chi connectivity index (χ4n) is 1.87. The van der Waals surface area contributed by atoms with E-state index in [1.54, 1.807) is 29.2 Å². The molecule has 118 valence electrons. The fourth-order valence-corrected chi connectivity index (χ4v) is 1.87. The van der Waals surface area contributed by atoms with Crippen LogP contribution in [-0.2, 0) is 18.3 Å². The highest BCUT2D eigenvalue weighted by molar-refractivity contribution is 5.90. The molecule has 0 radical (unpaired) electrons. The van der Waals surface area contributed by atoms with E-state index in [0.717, 1.165) is 5.56 Å². The molecule has 0 aliphatic carbocycles. The highest BCUT2D eigenvalue weighted by Crippen LogP contribution is 2.13. The molecular weight excluding hydrogens is 280 g/mol. The number of hydrogen-bond acceptors (Lipinski definition) is 4. The number of amides is 1. The van der Waals surface area contributed by atoms with Crippen LogP contribution in [0.3, 0.4) is 0 Å². The quantitative estimate of drug-likeness (QED) is 0.853. The zero-order chi connectivity index (χ0) is 15.9. The van der Waals surface area contributed by atoms with Crippen molar-refractivity contribution in [3.8, 4) is 5.88 Å². The molecule has 0 bridgehead atoms. The van der Waals surface area contributed by atoms with E-state index >= 15 is 0 Å². The third-order valence-corrected chi connectivity index (χ3v) is 2.98. The highest BCUT2D eigenvalue weighted by atomic mass is 16.5. The monoisotopic (exact) mass is 302 g/mol. The molecule has 1 N–H and O–H groups in total. The van der Waals surface area contributed by atoms with E-state index in [2.05, 4.69) is 29.2 Å². The highest BCUT2D eigenvalue weighted by Gasteiger charge is 2.05. The zero-order valence-electron chi connectivity index (χ0n) is 13.2. The van der Waals surface area contributed by atoms with Crippen LogP contribution in [0.2, 0.25) is 0 Å². The van der Waals surface area contributed by atoms with Crippen molar-refractivity contribution >= 4 is 11.6 Å². The summed E-state index contributed by atoms with van der Waals surface area (Å²) in [5.74, 6) is 0.984. The Balaban J connectivity index is 1.78. The molecule has 0 fully saturated rings. The number of carbonyl (C=O) groups is 1. The maximum absolute atomic E-state index is 11.9. The largest absolute Gasteiger partial charge is 0.477 e. The average Bonchev–Trinajstić information content (AvgIpc) is 2.90. The second-order valence-corrected chi connectivity index (χ2v) is 5.66. The topological polar surface area (TPSA) is 69.0 Å². The van der Waals surface area contributed by atoms with Crippen molar-refractivity contribution in [2.45, 2.75) is 26.7 Å². The molecule has 0 aromatic carbocycles. The zero-order valence-corrected chi connectivity index (χ0v) is 13.2. The van der Waals surface area contributed by atoms with E-state index in [1.165, 1.54) is 0 Å². The molecule has 2 aromatic heterocycles. The first-order valence-corrected chi connectivity index (χ1v) is 7.39. The number of pyridine rings is 1. The van der Waals surface area contributed by atoms with Gasteiger partial charge in [0, 0.05) is 25.7 Å². The number of rotatable bonds is 7. The summed E-state index contributed by atoms with van der Waals surface area (Å²) in [5.41, 5.74) is 1.72. The van der Waals surface area contributed by atoms with Crippen molar-refractivity contribution in [1.29, 1.82) is 0 Å². The number of aryl methyl sites for hydroxylation is 2. The molecule has 2 aromatic rings. The van der Waals surface area contributed by atoms with Crippen molar-refractivity contribution in [3.63, 3.8) is 0 Å². The number of aromatic nitrogens is 3. The second-order valence-electron chi connectivity index (χ2n) is 5.66. The van der Waals surface area contributed by atoms with Crippen LogP contribution in [0.25, 0.3) is 0 Å². The van der Waals surface area contributed by atoms with Gasteiger partial charge in [0.2, 0.25) is 11.8 Å². The molecule has 1 amide bonds. The molecule has 0 saturated carbocycles. The molecule has 0 aliphatic rings. The Hall–Kier alpha value is -2.37. The Morgan fingerprint density at radius 2 is 2.18 bits per heavy atom. The lowest BCUT2D eigenvalue weighted by molar-refractivity contribution is -0.116. The summed E-state index contributed by atoms with van der Waals surface area (Å²) in [5, 5.41) is 6.91. The Kier molecular flexibility index (Phi) is 5.52. The van der Waals surface area contributed by atoms with Gasteiger partial charge in [-0.3, -0.25) is 9.48 Å². The summed E-state index contributed by atoms with van der Waals surface area (Å²) in [6.07, 6.45) is 6.38. The van der Waals surface area contributed by atoms with Crippen molar-refractivity contribution in [2.24, 2.45) is 13.0 Å². The third kappa shape index (κ3) is 5.20. The Bertz CT molecular complexity index is 605. The molecule has 6 nitrogen and oxygen atoms in total. The Morgan fingerprint density at radius 3 is 2.77 bits per heavy atom. The molecule has 0 atom stereocenters. The summed E-state index contributed by atoms with van der Waals surface area (Å²) in [6.45, 7) is 4.79. The number of carbonyl (C=O) groups excluding carboxylic acids is 1. The summed E-state index contributed by atoms with van der Waals surface area (Å²) < 4.78 is 7.23. The summed E-state index contributed by atoms with van der Waals surface area (Å²) >= 11 is 0. The minimum Gasteiger partial charge on any atom is -0.477 e. The molecule has 2 heterocycles. The Labute approximate surface area is 130 Å². The van der Waals surface area contributed by atoms with Crippen LogP contribution in [0.1, 0.15) is 25.8 Å². The number of hydrogen-bond donors (Lipinski definition) is 1. The number of nitrogens with one attached hydrogen (secondary N) is 1. The molecule has 2 rings (SSSR count). The standard InChI is InChI=1S/C16H22N4O2/c1-12(2)11-22-16-7-5-14(9-17-16)19-15(21)6-4-13-8-18-20(3)10-13/h5,7-10,12H,4,6,11H2,1-3H3,(H,19,21). The van der Waals surface area contributed by atoms with Crippen LogP contribution in [0.15, 0.2) is 30.7 Å². The van der Waals surface area contributed by atoms with E-state index in [9.17, 15) is 4.79 Å². The van der Waals surface area contributed by atoms with Crippen molar-refractivity contribution in [3.05, 3.63) is 36.3 Å². The van der Waals surface area contributed by atoms with Gasteiger partial charge >= 0.3 is 0 Å². The second kappa shape index (κ2) is 7.59. The molecule has 22 heavy (non-hydrogen) atoms. The summed E-state index contributed by atoms with van der Waals surface area (Å²) in [7, 11) is 1.86. The lowest BCUT2D eigenvalue weighted by Crippen LogP contribution is -2.12. The van der Waals surface area contributed by atoms with E-state index in [-0.39, 0.29) is 5.91 Å². The van der Waals surface area contributed by atoms with E-state index in [1.807, 2.05) is 13.2 Å². The van der Waals surface area contributed by atoms with Crippen molar-refractivity contribution < 1.29 is 9.53 Å². The maximum Gasteiger partial charge on any atom is 0.224 e. The molecule has 0 spiro atoms. The predicted octanol–water partition coefficient (Wildman–Crippen LogP) is 2.42. The minimum absolute atomic E-state index is 0.0403. The summed E-state index contributed by atoms with van der Waals surface area (Å²) in [4.78, 5) is 16.1. The summed E-state index contributed by atoms with van der Waals surface area (Å²) in [6, 6.07) is 3.56. The van der Waals surface area contributed by atoms with Crippen LogP contribution in [0, 0.1) is 5.92 Å². The predicted molar refractivity (Wildman–Crippen MR) is 84.7 cm³/mol. The van der Waals surface area contributed by atoms with Gasteiger partial charge in [-0.2, -0.15) is 5.10 Å². The van der Waals surface area contributed by atoms with Crippen molar-refractivity contribution in [2.75, 3.05) is 11.9 Å². The first-order chi connectivity index (χ1) is 10.5. The van der Waals surface area contributed by atoms with Crippen LogP contribution in [0.4, 0.5) is 5.69 Å². The molecule has 0 aliphatic heterocycles. The van der Waals surface area contributed by atoms with Gasteiger partial charge in [-0.25, -0.2) is 4.98 Å². The van der Waals surface area contributed by atoms with Gasteiger partial charge < -0.3 is 10.1 Å². The molecule has 0 saturated heterocycles. The minimum atomic E-state index is -0.0403. The van der Waals surface area contributed by atoms with Crippen LogP contribution in [0.5, 0.6) is 5.88 Å². The van der Waals surface area contributed by atoms with Gasteiger partial charge in [0.1, 0.15) is 0 Å². The lowest BCUT2D eigenvalue weighted by Gasteiger charge is -2.08. The van der Waals surface area contributed by atoms with Crippen molar-refractivity contribution in [1.82, 2.24) is 14.8 Å². The number of nitrogens with zero attached hydrogens (tertiary/aromatic N) is 3. The fraction of sp³-hybridized carbons (Fsp3) is 0.438. The van der Waals surface area contributed by atoms with Gasteiger partial charge in [0.25, 0.3) is 0 Å². The van der Waals surface area contributed by atoms with Crippen LogP contribution >= 0.6 is 0 Å². The number of anilines is 1. The Morgan fingerprint density at radius 1 is 1.36 bits per heavy atom. The normalized spacial score (nSPS) is 10.7. The van der Waals surface area contributed by atoms with Gasteiger partial charge in [-0.1, -0.05) is 13.8 Å². The van der Waals surface area contributed by atoms with E-state index in [4.69, 9.17) is 4.74 Å².